The molecular weight excluding hydrogens is 458 g/mol. The quantitative estimate of drug-likeness (QED) is 0.378. The molecule has 1 fully saturated rings. The lowest BCUT2D eigenvalue weighted by atomic mass is 10.2. The molecule has 2 aromatic carbocycles. The molecule has 0 radical (unpaired) electrons. The molecule has 3 amide bonds. The van der Waals surface area contributed by atoms with Gasteiger partial charge in [0.05, 0.1) is 12.0 Å². The van der Waals surface area contributed by atoms with Gasteiger partial charge in [0.15, 0.2) is 0 Å². The molecule has 0 spiro atoms. The average Bonchev–Trinajstić information content (AvgIpc) is 3.03. The van der Waals surface area contributed by atoms with Crippen LogP contribution in [0.4, 0.5) is 0 Å². The Morgan fingerprint density at radius 2 is 1.97 bits per heavy atom. The van der Waals surface area contributed by atoms with Crippen molar-refractivity contribution in [3.05, 3.63) is 69.6 Å². The van der Waals surface area contributed by atoms with Crippen LogP contribution in [0.15, 0.2) is 53.4 Å². The van der Waals surface area contributed by atoms with Crippen molar-refractivity contribution in [3.63, 3.8) is 0 Å². The first-order chi connectivity index (χ1) is 14.9. The highest BCUT2D eigenvalue weighted by molar-refractivity contribution is 8.26. The predicted octanol–water partition coefficient (Wildman–Crippen LogP) is 3.40. The first-order valence-corrected chi connectivity index (χ1v) is 10.7. The van der Waals surface area contributed by atoms with Crippen LogP contribution in [0, 0.1) is 0 Å². The van der Waals surface area contributed by atoms with E-state index in [-0.39, 0.29) is 18.9 Å². The zero-order valence-electron chi connectivity index (χ0n) is 16.4. The number of carbonyl (C=O) groups is 3. The van der Waals surface area contributed by atoms with Gasteiger partial charge in [0.25, 0.3) is 11.8 Å². The number of methoxy groups -OCH3 is 1. The summed E-state index contributed by atoms with van der Waals surface area (Å²) in [5.74, 6) is -0.543. The first kappa shape index (κ1) is 22.8. The summed E-state index contributed by atoms with van der Waals surface area (Å²) < 4.78 is 5.56. The van der Waals surface area contributed by atoms with Gasteiger partial charge in [-0.15, -0.1) is 0 Å². The first-order valence-electron chi connectivity index (χ1n) is 9.11. The normalized spacial score (nSPS) is 14.6. The monoisotopic (exact) mass is 475 g/mol. The molecule has 3 rings (SSSR count). The number of hydrogen-bond acceptors (Lipinski definition) is 6. The maximum absolute atomic E-state index is 12.7. The van der Waals surface area contributed by atoms with Crippen molar-refractivity contribution < 1.29 is 19.1 Å². The fourth-order valence-electron chi connectivity index (χ4n) is 2.68. The highest BCUT2D eigenvalue weighted by atomic mass is 35.5. The SMILES string of the molecule is COc1cccc(C=C2SC(=S)N(CCC(=O)NNC(=O)c3cccc(Cl)c3)C2=O)c1. The van der Waals surface area contributed by atoms with Crippen LogP contribution in [-0.4, -0.2) is 40.6 Å². The minimum Gasteiger partial charge on any atom is -0.497 e. The lowest BCUT2D eigenvalue weighted by Crippen LogP contribution is -2.43. The Balaban J connectivity index is 1.53. The van der Waals surface area contributed by atoms with Gasteiger partial charge in [-0.3, -0.25) is 30.1 Å². The van der Waals surface area contributed by atoms with Crippen LogP contribution in [0.1, 0.15) is 22.3 Å². The second kappa shape index (κ2) is 10.4. The molecule has 1 aliphatic rings. The molecule has 31 heavy (non-hydrogen) atoms. The number of thioether (sulfide) groups is 1. The Hall–Kier alpha value is -2.88. The van der Waals surface area contributed by atoms with E-state index >= 15 is 0 Å². The molecule has 0 unspecified atom stereocenters. The molecule has 7 nitrogen and oxygen atoms in total. The number of amides is 3. The summed E-state index contributed by atoms with van der Waals surface area (Å²) in [6.07, 6.45) is 1.70. The fourth-order valence-corrected chi connectivity index (χ4v) is 4.18. The molecule has 1 aliphatic heterocycles. The number of nitrogens with one attached hydrogen (secondary N) is 2. The third kappa shape index (κ3) is 6.06. The number of thiocarbonyl (C=S) groups is 1. The topological polar surface area (TPSA) is 87.7 Å². The van der Waals surface area contributed by atoms with Crippen LogP contribution in [-0.2, 0) is 9.59 Å². The molecule has 0 saturated carbocycles. The van der Waals surface area contributed by atoms with E-state index in [4.69, 9.17) is 28.6 Å². The molecule has 0 bridgehead atoms. The molecular formula is C21H18ClN3O4S2. The Labute approximate surface area is 193 Å². The molecule has 0 atom stereocenters. The zero-order valence-corrected chi connectivity index (χ0v) is 18.8. The summed E-state index contributed by atoms with van der Waals surface area (Å²) in [7, 11) is 1.57. The fraction of sp³-hybridized carbons (Fsp3) is 0.143. The van der Waals surface area contributed by atoms with Gasteiger partial charge in [-0.2, -0.15) is 0 Å². The molecule has 2 N–H and O–H groups in total. The van der Waals surface area contributed by atoms with Crippen LogP contribution in [0.5, 0.6) is 5.75 Å². The number of carbonyl (C=O) groups excluding carboxylic acids is 3. The summed E-state index contributed by atoms with van der Waals surface area (Å²) in [5, 5.41) is 0.412. The number of hydrogen-bond donors (Lipinski definition) is 2. The molecule has 10 heteroatoms. The van der Waals surface area contributed by atoms with Gasteiger partial charge in [0.1, 0.15) is 10.1 Å². The Morgan fingerprint density at radius 1 is 1.19 bits per heavy atom. The van der Waals surface area contributed by atoms with E-state index in [1.807, 2.05) is 24.3 Å². The van der Waals surface area contributed by atoms with E-state index in [9.17, 15) is 14.4 Å². The van der Waals surface area contributed by atoms with Crippen molar-refractivity contribution >= 4 is 63.7 Å². The van der Waals surface area contributed by atoms with E-state index in [0.717, 1.165) is 5.56 Å². The molecule has 160 valence electrons. The van der Waals surface area contributed by atoms with E-state index in [0.29, 0.717) is 25.6 Å². The van der Waals surface area contributed by atoms with Gasteiger partial charge < -0.3 is 4.74 Å². The van der Waals surface area contributed by atoms with Gasteiger partial charge in [0, 0.05) is 23.6 Å². The van der Waals surface area contributed by atoms with Crippen LogP contribution >= 0.6 is 35.6 Å². The summed E-state index contributed by atoms with van der Waals surface area (Å²) in [4.78, 5) is 38.6. The van der Waals surface area contributed by atoms with Crippen molar-refractivity contribution in [3.8, 4) is 5.75 Å². The van der Waals surface area contributed by atoms with Crippen LogP contribution in [0.3, 0.4) is 0 Å². The van der Waals surface area contributed by atoms with Gasteiger partial charge in [-0.05, 0) is 42.0 Å². The molecule has 2 aromatic rings. The minimum absolute atomic E-state index is 0.0330. The maximum Gasteiger partial charge on any atom is 0.269 e. The molecule has 0 aliphatic carbocycles. The van der Waals surface area contributed by atoms with Crippen LogP contribution in [0.2, 0.25) is 5.02 Å². The number of benzene rings is 2. The van der Waals surface area contributed by atoms with Crippen molar-refractivity contribution in [2.75, 3.05) is 13.7 Å². The number of rotatable bonds is 6. The Kier molecular flexibility index (Phi) is 7.67. The number of halogens is 1. The minimum atomic E-state index is -0.498. The van der Waals surface area contributed by atoms with Gasteiger partial charge in [-0.1, -0.05) is 53.8 Å². The number of nitrogens with zero attached hydrogens (tertiary/aromatic N) is 1. The second-order valence-corrected chi connectivity index (χ2v) is 8.48. The van der Waals surface area contributed by atoms with Crippen LogP contribution in [0.25, 0.3) is 6.08 Å². The van der Waals surface area contributed by atoms with E-state index < -0.39 is 11.8 Å². The number of hydrazine groups is 1. The smallest absolute Gasteiger partial charge is 0.269 e. The summed E-state index contributed by atoms with van der Waals surface area (Å²) in [6.45, 7) is 0.0962. The second-order valence-electron chi connectivity index (χ2n) is 6.37. The summed E-state index contributed by atoms with van der Waals surface area (Å²) >= 11 is 12.3. The number of ether oxygens (including phenoxy) is 1. The highest BCUT2D eigenvalue weighted by Crippen LogP contribution is 2.33. The van der Waals surface area contributed by atoms with Gasteiger partial charge in [-0.25, -0.2) is 0 Å². The maximum atomic E-state index is 12.7. The lowest BCUT2D eigenvalue weighted by Gasteiger charge is -2.14. The standard InChI is InChI=1S/C21H18ClN3O4S2/c1-29-16-7-2-4-13(10-16)11-17-20(28)25(21(30)31-17)9-8-18(26)23-24-19(27)14-5-3-6-15(22)12-14/h2-7,10-12H,8-9H2,1H3,(H,23,26)(H,24,27). The van der Waals surface area contributed by atoms with Crippen molar-refractivity contribution in [2.45, 2.75) is 6.42 Å². The van der Waals surface area contributed by atoms with E-state index in [1.54, 1.807) is 31.4 Å². The Bertz CT molecular complexity index is 1070. The molecule has 0 aromatic heterocycles. The van der Waals surface area contributed by atoms with E-state index in [2.05, 4.69) is 10.9 Å². The summed E-state index contributed by atoms with van der Waals surface area (Å²) in [6, 6.07) is 13.6. The molecule has 1 heterocycles. The third-order valence-corrected chi connectivity index (χ3v) is 5.84. The molecule has 1 saturated heterocycles. The zero-order chi connectivity index (χ0) is 22.4. The van der Waals surface area contributed by atoms with Crippen molar-refractivity contribution in [1.82, 2.24) is 15.8 Å². The lowest BCUT2D eigenvalue weighted by molar-refractivity contribution is -0.124. The van der Waals surface area contributed by atoms with Gasteiger partial charge >= 0.3 is 0 Å². The van der Waals surface area contributed by atoms with Crippen LogP contribution < -0.4 is 15.6 Å². The van der Waals surface area contributed by atoms with Gasteiger partial charge in [0.2, 0.25) is 5.91 Å². The highest BCUT2D eigenvalue weighted by Gasteiger charge is 2.32. The van der Waals surface area contributed by atoms with E-state index in [1.165, 1.54) is 22.7 Å². The third-order valence-electron chi connectivity index (χ3n) is 4.23. The Morgan fingerprint density at radius 3 is 2.71 bits per heavy atom. The average molecular weight is 476 g/mol. The largest absolute Gasteiger partial charge is 0.497 e. The summed E-state index contributed by atoms with van der Waals surface area (Å²) in [5.41, 5.74) is 5.75. The van der Waals surface area contributed by atoms with Crippen molar-refractivity contribution in [2.24, 2.45) is 0 Å². The predicted molar refractivity (Wildman–Crippen MR) is 125 cm³/mol. The van der Waals surface area contributed by atoms with Crippen molar-refractivity contribution in [1.29, 1.82) is 0 Å².